The fourth-order valence-electron chi connectivity index (χ4n) is 4.64. The summed E-state index contributed by atoms with van der Waals surface area (Å²) in [6, 6.07) is 10.6. The Kier molecular flexibility index (Phi) is 5.61. The van der Waals surface area contributed by atoms with Crippen molar-refractivity contribution in [3.05, 3.63) is 63.6 Å². The lowest BCUT2D eigenvalue weighted by atomic mass is 9.88. The number of halogens is 2. The number of amides is 2. The lowest BCUT2D eigenvalue weighted by Gasteiger charge is -2.33. The molecule has 0 aliphatic carbocycles. The molecular weight excluding hydrogens is 449 g/mol. The molecule has 164 valence electrons. The van der Waals surface area contributed by atoms with Crippen LogP contribution in [0.3, 0.4) is 0 Å². The number of nitrogens with zero attached hydrogens (tertiary/aromatic N) is 4. The van der Waals surface area contributed by atoms with Crippen LogP contribution in [0.25, 0.3) is 17.1 Å². The molecule has 2 aromatic carbocycles. The molecule has 1 aromatic heterocycles. The van der Waals surface area contributed by atoms with Crippen LogP contribution in [-0.2, 0) is 4.79 Å². The minimum Gasteiger partial charge on any atom is -0.339 e. The maximum Gasteiger partial charge on any atom is 0.253 e. The summed E-state index contributed by atoms with van der Waals surface area (Å²) in [7, 11) is 0. The van der Waals surface area contributed by atoms with Gasteiger partial charge in [-0.1, -0.05) is 28.4 Å². The zero-order chi connectivity index (χ0) is 22.2. The van der Waals surface area contributed by atoms with E-state index in [1.165, 1.54) is 0 Å². The molecule has 1 N–H and O–H groups in total. The lowest BCUT2D eigenvalue weighted by Crippen LogP contribution is -2.42. The Labute approximate surface area is 195 Å². The Morgan fingerprint density at radius 1 is 1.00 bits per heavy atom. The van der Waals surface area contributed by atoms with Crippen LogP contribution in [0.15, 0.2) is 42.5 Å². The molecule has 3 aromatic rings. The van der Waals surface area contributed by atoms with Gasteiger partial charge in [0, 0.05) is 47.9 Å². The zero-order valence-corrected chi connectivity index (χ0v) is 18.7. The second-order valence-electron chi connectivity index (χ2n) is 8.38. The van der Waals surface area contributed by atoms with Crippen molar-refractivity contribution in [1.29, 1.82) is 0 Å². The minimum atomic E-state index is -0.0409. The third kappa shape index (κ3) is 4.23. The van der Waals surface area contributed by atoms with Crippen molar-refractivity contribution in [2.45, 2.75) is 6.42 Å². The van der Waals surface area contributed by atoms with Crippen molar-refractivity contribution in [3.8, 4) is 0 Å². The highest BCUT2D eigenvalue weighted by Gasteiger charge is 2.39. The number of fused-ring (bicyclic) bond motifs is 2. The van der Waals surface area contributed by atoms with Crippen molar-refractivity contribution >= 4 is 52.1 Å². The molecule has 0 spiro atoms. The van der Waals surface area contributed by atoms with Gasteiger partial charge in [0.25, 0.3) is 5.91 Å². The van der Waals surface area contributed by atoms with Gasteiger partial charge in [0.15, 0.2) is 0 Å². The number of carbonyl (C=O) groups excluding carboxylic acids is 2. The molecule has 0 radical (unpaired) electrons. The lowest BCUT2D eigenvalue weighted by molar-refractivity contribution is -0.128. The smallest absolute Gasteiger partial charge is 0.253 e. The van der Waals surface area contributed by atoms with Crippen LogP contribution in [0.2, 0.25) is 10.0 Å². The summed E-state index contributed by atoms with van der Waals surface area (Å²) < 4.78 is 0. The first kappa shape index (κ1) is 21.0. The largest absolute Gasteiger partial charge is 0.339 e. The molecule has 0 saturated carbocycles. The second kappa shape index (κ2) is 8.56. The highest BCUT2D eigenvalue weighted by atomic mass is 35.5. The third-order valence-electron chi connectivity index (χ3n) is 6.28. The van der Waals surface area contributed by atoms with Gasteiger partial charge in [-0.05, 0) is 66.3 Å². The maximum atomic E-state index is 13.0. The zero-order valence-electron chi connectivity index (χ0n) is 17.2. The summed E-state index contributed by atoms with van der Waals surface area (Å²) in [4.78, 5) is 29.5. The van der Waals surface area contributed by atoms with Crippen LogP contribution in [0.5, 0.6) is 0 Å². The van der Waals surface area contributed by atoms with Crippen LogP contribution < -0.4 is 0 Å². The third-order valence-corrected chi connectivity index (χ3v) is 6.71. The molecule has 2 fully saturated rings. The van der Waals surface area contributed by atoms with Crippen molar-refractivity contribution in [2.75, 3.05) is 26.2 Å². The van der Waals surface area contributed by atoms with E-state index in [-0.39, 0.29) is 17.7 Å². The van der Waals surface area contributed by atoms with Gasteiger partial charge in [-0.3, -0.25) is 14.7 Å². The van der Waals surface area contributed by atoms with E-state index in [1.54, 1.807) is 42.5 Å². The Morgan fingerprint density at radius 3 is 2.56 bits per heavy atom. The highest BCUT2D eigenvalue weighted by Crippen LogP contribution is 2.32. The number of piperidine rings is 1. The van der Waals surface area contributed by atoms with Gasteiger partial charge in [-0.2, -0.15) is 0 Å². The topological polar surface area (TPSA) is 82.2 Å². The van der Waals surface area contributed by atoms with E-state index >= 15 is 0 Å². The number of likely N-dealkylation sites (tertiary alicyclic amines) is 2. The Bertz CT molecular complexity index is 1200. The number of aromatic nitrogens is 3. The summed E-state index contributed by atoms with van der Waals surface area (Å²) in [5, 5.41) is 11.6. The molecular formula is C23H21Cl2N5O2. The average molecular weight is 470 g/mol. The summed E-state index contributed by atoms with van der Waals surface area (Å²) >= 11 is 12.1. The van der Waals surface area contributed by atoms with E-state index in [9.17, 15) is 9.59 Å². The van der Waals surface area contributed by atoms with Gasteiger partial charge in [0.2, 0.25) is 5.91 Å². The summed E-state index contributed by atoms with van der Waals surface area (Å²) in [6.45, 7) is 2.71. The normalized spacial score (nSPS) is 20.8. The molecule has 9 heteroatoms. The van der Waals surface area contributed by atoms with Crippen LogP contribution >= 0.6 is 23.2 Å². The SMILES string of the molecule is O=C(/C=C/c1cc(Cl)cc(Cl)c1)N1CC[C@@H]2CN(C(=O)c3ccc4[nH]nnc4c3)C[C@H]2C1. The van der Waals surface area contributed by atoms with Crippen molar-refractivity contribution in [2.24, 2.45) is 11.8 Å². The summed E-state index contributed by atoms with van der Waals surface area (Å²) in [5.74, 6) is 0.650. The summed E-state index contributed by atoms with van der Waals surface area (Å²) in [6.07, 6.45) is 4.18. The van der Waals surface area contributed by atoms with Gasteiger partial charge in [0.05, 0.1) is 5.52 Å². The minimum absolute atomic E-state index is 0.0000858. The number of hydrogen-bond acceptors (Lipinski definition) is 4. The molecule has 2 amide bonds. The van der Waals surface area contributed by atoms with Crippen molar-refractivity contribution in [3.63, 3.8) is 0 Å². The second-order valence-corrected chi connectivity index (χ2v) is 9.26. The number of benzene rings is 2. The van der Waals surface area contributed by atoms with Crippen molar-refractivity contribution < 1.29 is 9.59 Å². The molecule has 0 unspecified atom stereocenters. The fourth-order valence-corrected chi connectivity index (χ4v) is 5.18. The average Bonchev–Trinajstić information content (AvgIpc) is 3.42. The van der Waals surface area contributed by atoms with Gasteiger partial charge < -0.3 is 9.80 Å². The predicted molar refractivity (Wildman–Crippen MR) is 123 cm³/mol. The first-order chi connectivity index (χ1) is 15.5. The number of H-pyrrole nitrogens is 1. The van der Waals surface area contributed by atoms with Crippen LogP contribution in [0.4, 0.5) is 0 Å². The quantitative estimate of drug-likeness (QED) is 0.589. The van der Waals surface area contributed by atoms with Gasteiger partial charge in [0.1, 0.15) is 5.52 Å². The molecule has 7 nitrogen and oxygen atoms in total. The van der Waals surface area contributed by atoms with E-state index in [0.29, 0.717) is 46.7 Å². The fraction of sp³-hybridized carbons (Fsp3) is 0.304. The molecule has 5 rings (SSSR count). The van der Waals surface area contributed by atoms with E-state index in [1.807, 2.05) is 15.9 Å². The first-order valence-electron chi connectivity index (χ1n) is 10.5. The van der Waals surface area contributed by atoms with E-state index in [2.05, 4.69) is 15.4 Å². The molecule has 2 saturated heterocycles. The van der Waals surface area contributed by atoms with Crippen LogP contribution in [-0.4, -0.2) is 63.2 Å². The van der Waals surface area contributed by atoms with Crippen LogP contribution in [0.1, 0.15) is 22.3 Å². The molecule has 32 heavy (non-hydrogen) atoms. The molecule has 0 bridgehead atoms. The van der Waals surface area contributed by atoms with Gasteiger partial charge in [-0.15, -0.1) is 5.10 Å². The first-order valence-corrected chi connectivity index (χ1v) is 11.2. The molecule has 2 aliphatic rings. The van der Waals surface area contributed by atoms with E-state index in [0.717, 1.165) is 24.0 Å². The molecule has 3 heterocycles. The van der Waals surface area contributed by atoms with Gasteiger partial charge >= 0.3 is 0 Å². The van der Waals surface area contributed by atoms with Crippen molar-refractivity contribution in [1.82, 2.24) is 25.2 Å². The monoisotopic (exact) mass is 469 g/mol. The van der Waals surface area contributed by atoms with Crippen LogP contribution in [0, 0.1) is 11.8 Å². The molecule has 2 aliphatic heterocycles. The van der Waals surface area contributed by atoms with E-state index in [4.69, 9.17) is 23.2 Å². The number of rotatable bonds is 3. The Hall–Kier alpha value is -2.90. The molecule has 2 atom stereocenters. The number of aromatic amines is 1. The highest BCUT2D eigenvalue weighted by molar-refractivity contribution is 6.34. The van der Waals surface area contributed by atoms with Gasteiger partial charge in [-0.25, -0.2) is 0 Å². The number of hydrogen-bond donors (Lipinski definition) is 1. The Morgan fingerprint density at radius 2 is 1.75 bits per heavy atom. The predicted octanol–water partition coefficient (Wildman–Crippen LogP) is 3.90. The van der Waals surface area contributed by atoms with E-state index < -0.39 is 0 Å². The maximum absolute atomic E-state index is 13.0. The number of nitrogens with one attached hydrogen (secondary N) is 1. The Balaban J connectivity index is 1.23. The standard InChI is InChI=1S/C23H21Cl2N5O2/c24-18-7-14(8-19(25)10-18)1-4-22(31)29-6-5-16-11-30(13-17(16)12-29)23(32)15-2-3-20-21(9-15)27-28-26-20/h1-4,7-10,16-17H,5-6,11-13H2,(H,26,27,28)/b4-1+/t16-,17-/m1/s1. The number of carbonyl (C=O) groups is 2. The summed E-state index contributed by atoms with van der Waals surface area (Å²) in [5.41, 5.74) is 2.88.